The van der Waals surface area contributed by atoms with Crippen molar-refractivity contribution in [3.8, 4) is 0 Å². The molecule has 0 saturated carbocycles. The first kappa shape index (κ1) is 20.6. The van der Waals surface area contributed by atoms with Crippen molar-refractivity contribution < 1.29 is 57.7 Å². The van der Waals surface area contributed by atoms with Crippen LogP contribution in [0.1, 0.15) is 23.1 Å². The number of allylic oxidation sites excluding steroid dienone is 4. The number of rotatable bonds is 2. The molecule has 0 aromatic heterocycles. The molecular weight excluding hydrogens is 322 g/mol. The number of hydrogen-bond donors (Lipinski definition) is 0. The Kier molecular flexibility index (Phi) is 10.6. The summed E-state index contributed by atoms with van der Waals surface area (Å²) in [5.41, 5.74) is 5.76. The van der Waals surface area contributed by atoms with Crippen LogP contribution in [-0.4, -0.2) is 0 Å². The van der Waals surface area contributed by atoms with Gasteiger partial charge < -0.3 is 37.2 Å². The Hall–Kier alpha value is 0.284. The van der Waals surface area contributed by atoms with Crippen LogP contribution in [0.5, 0.6) is 0 Å². The van der Waals surface area contributed by atoms with E-state index < -0.39 is 0 Å². The minimum Gasteiger partial charge on any atom is -1.00 e. The summed E-state index contributed by atoms with van der Waals surface area (Å²) in [6.07, 6.45) is 6.74. The molecule has 1 aliphatic rings. The second kappa shape index (κ2) is 9.23. The zero-order valence-corrected chi connectivity index (χ0v) is 14.3. The van der Waals surface area contributed by atoms with E-state index in [-0.39, 0.29) is 37.2 Å². The van der Waals surface area contributed by atoms with Crippen LogP contribution in [0, 0.1) is 13.8 Å². The molecule has 0 nitrogen and oxygen atoms in total. The van der Waals surface area contributed by atoms with E-state index in [9.17, 15) is 0 Å². The van der Waals surface area contributed by atoms with Crippen molar-refractivity contribution in [2.24, 2.45) is 0 Å². The molecule has 0 bridgehead atoms. The van der Waals surface area contributed by atoms with E-state index in [1.54, 1.807) is 5.57 Å². The summed E-state index contributed by atoms with van der Waals surface area (Å²) in [6, 6.07) is 6.83. The molecule has 18 heavy (non-hydrogen) atoms. The quantitative estimate of drug-likeness (QED) is 0.473. The van der Waals surface area contributed by atoms with Crippen molar-refractivity contribution in [2.45, 2.75) is 26.7 Å². The van der Waals surface area contributed by atoms with Crippen LogP contribution in [0.25, 0.3) is 0 Å². The molecule has 2 rings (SSSR count). The fourth-order valence-corrected chi connectivity index (χ4v) is 2.61. The Morgan fingerprint density at radius 3 is 2.00 bits per heavy atom. The fourth-order valence-electron chi connectivity index (χ4n) is 2.13. The Balaban J connectivity index is 0. The topological polar surface area (TPSA) is 0 Å². The Morgan fingerprint density at radius 1 is 1.00 bits per heavy atom. The average Bonchev–Trinajstić information content (AvgIpc) is 2.50. The summed E-state index contributed by atoms with van der Waals surface area (Å²) < 4.78 is 1.45. The molecule has 96 valence electrons. The summed E-state index contributed by atoms with van der Waals surface area (Å²) in [6.45, 7) is 4.34. The second-order valence-electron chi connectivity index (χ2n) is 4.30. The van der Waals surface area contributed by atoms with Crippen LogP contribution in [0.2, 0.25) is 0 Å². The predicted octanol–water partition coefficient (Wildman–Crippen LogP) is -5.38. The summed E-state index contributed by atoms with van der Waals surface area (Å²) in [5.74, 6) is 0. The first-order chi connectivity index (χ1) is 7.15. The molecular formula is C14H15Cl3Ti. The van der Waals surface area contributed by atoms with Crippen LogP contribution >= 0.6 is 0 Å². The van der Waals surface area contributed by atoms with Gasteiger partial charge in [0.25, 0.3) is 0 Å². The number of aryl methyl sites for hydroxylation is 2. The minimum absolute atomic E-state index is 0. The van der Waals surface area contributed by atoms with Gasteiger partial charge >= 0.3 is 104 Å². The van der Waals surface area contributed by atoms with Gasteiger partial charge in [-0.15, -0.1) is 0 Å². The molecule has 0 N–H and O–H groups in total. The normalized spacial score (nSPS) is 12.7. The molecule has 0 atom stereocenters. The molecule has 0 heterocycles. The van der Waals surface area contributed by atoms with Gasteiger partial charge in [-0.3, -0.25) is 0 Å². The van der Waals surface area contributed by atoms with Crippen LogP contribution in [0.4, 0.5) is 0 Å². The van der Waals surface area contributed by atoms with E-state index in [0.29, 0.717) is 0 Å². The smallest absolute Gasteiger partial charge is 1.00 e. The molecule has 4 heteroatoms. The average molecular weight is 338 g/mol. The molecule has 1 aromatic rings. The first-order valence-electron chi connectivity index (χ1n) is 5.32. The zero-order valence-electron chi connectivity index (χ0n) is 10.4. The third-order valence-corrected chi connectivity index (χ3v) is 3.54. The number of halogens is 3. The molecule has 0 saturated heterocycles. The van der Waals surface area contributed by atoms with Crippen LogP contribution in [0.15, 0.2) is 39.8 Å². The second-order valence-corrected chi connectivity index (χ2v) is 5.14. The van der Waals surface area contributed by atoms with Gasteiger partial charge in [-0.2, -0.15) is 0 Å². The Morgan fingerprint density at radius 2 is 1.56 bits per heavy atom. The summed E-state index contributed by atoms with van der Waals surface area (Å²) >= 11 is 2.21. The fraction of sp³-hybridized carbons (Fsp3) is 0.286. The van der Waals surface area contributed by atoms with Gasteiger partial charge in [0.15, 0.2) is 0 Å². The van der Waals surface area contributed by atoms with Crippen molar-refractivity contribution in [3.63, 3.8) is 0 Å². The summed E-state index contributed by atoms with van der Waals surface area (Å²) in [7, 11) is 0. The predicted molar refractivity (Wildman–Crippen MR) is 60.4 cm³/mol. The third-order valence-electron chi connectivity index (χ3n) is 2.73. The van der Waals surface area contributed by atoms with Crippen LogP contribution < -0.4 is 37.2 Å². The summed E-state index contributed by atoms with van der Waals surface area (Å²) in [5, 5.41) is 0. The zero-order chi connectivity index (χ0) is 10.8. The molecule has 0 fully saturated rings. The van der Waals surface area contributed by atoms with E-state index in [4.69, 9.17) is 0 Å². The molecule has 0 aliphatic heterocycles. The molecule has 1 aliphatic carbocycles. The molecule has 0 amide bonds. The van der Waals surface area contributed by atoms with Gasteiger partial charge in [0, 0.05) is 0 Å². The molecule has 1 aromatic carbocycles. The van der Waals surface area contributed by atoms with Crippen molar-refractivity contribution >= 4 is 0 Å². The number of hydrogen-bond acceptors (Lipinski definition) is 0. The molecule has 0 unspecified atom stereocenters. The Labute approximate surface area is 140 Å². The maximum atomic E-state index is 2.30. The largest absolute Gasteiger partial charge is 1.00 e. The monoisotopic (exact) mass is 336 g/mol. The third kappa shape index (κ3) is 5.51. The minimum atomic E-state index is 0. The van der Waals surface area contributed by atoms with Crippen LogP contribution in [-0.2, 0) is 26.9 Å². The van der Waals surface area contributed by atoms with Gasteiger partial charge in [-0.1, -0.05) is 0 Å². The van der Waals surface area contributed by atoms with E-state index in [1.165, 1.54) is 20.6 Å². The van der Waals surface area contributed by atoms with Gasteiger partial charge in [0.1, 0.15) is 0 Å². The van der Waals surface area contributed by atoms with E-state index >= 15 is 0 Å². The van der Waals surface area contributed by atoms with Crippen molar-refractivity contribution in [2.75, 3.05) is 0 Å². The number of benzene rings is 1. The SMILES string of the molecule is Cc1cc(C)cc(CC2=[C]([Ti+3])C=CC2)c1.[Cl-].[Cl-].[Cl-]. The van der Waals surface area contributed by atoms with Crippen LogP contribution in [0.3, 0.4) is 0 Å². The molecule has 0 radical (unpaired) electrons. The van der Waals surface area contributed by atoms with Gasteiger partial charge in [-0.25, -0.2) is 0 Å². The first-order valence-corrected chi connectivity index (χ1v) is 6.10. The van der Waals surface area contributed by atoms with Crippen molar-refractivity contribution in [3.05, 3.63) is 56.5 Å². The standard InChI is InChI=1S/C14H15.3ClH.Ti/c1-11-7-12(2)9-14(8-11)10-13-5-3-4-6-13;;;;/h3-4,7-9H,5,10H2,1-2H3;3*1H;/q;;;;+3/p-3. The van der Waals surface area contributed by atoms with E-state index in [1.807, 2.05) is 0 Å². The maximum absolute atomic E-state index is 2.30. The van der Waals surface area contributed by atoms with Crippen molar-refractivity contribution in [1.29, 1.82) is 0 Å². The van der Waals surface area contributed by atoms with Gasteiger partial charge in [0.05, 0.1) is 0 Å². The molecule has 0 spiro atoms. The summed E-state index contributed by atoms with van der Waals surface area (Å²) in [4.78, 5) is 0. The van der Waals surface area contributed by atoms with E-state index in [2.05, 4.69) is 64.6 Å². The Bertz CT molecular complexity index is 430. The van der Waals surface area contributed by atoms with Crippen molar-refractivity contribution in [1.82, 2.24) is 0 Å². The van der Waals surface area contributed by atoms with E-state index in [0.717, 1.165) is 12.8 Å². The van der Waals surface area contributed by atoms with Gasteiger partial charge in [0.2, 0.25) is 0 Å². The maximum Gasteiger partial charge on any atom is -1.00 e. The van der Waals surface area contributed by atoms with Gasteiger partial charge in [-0.05, 0) is 0 Å².